The van der Waals surface area contributed by atoms with Gasteiger partial charge in [-0.25, -0.2) is 4.98 Å². The molecule has 1 aromatic carbocycles. The molecule has 0 aliphatic rings. The van der Waals surface area contributed by atoms with Crippen molar-refractivity contribution >= 4 is 34.2 Å². The Labute approximate surface area is 145 Å². The minimum Gasteiger partial charge on any atom is -0.322 e. The van der Waals surface area contributed by atoms with E-state index in [0.29, 0.717) is 5.13 Å². The van der Waals surface area contributed by atoms with Gasteiger partial charge in [0.2, 0.25) is 5.91 Å². The van der Waals surface area contributed by atoms with Crippen LogP contribution in [0.15, 0.2) is 53.0 Å². The van der Waals surface area contributed by atoms with Crippen LogP contribution in [0.4, 0.5) is 5.13 Å². The van der Waals surface area contributed by atoms with Gasteiger partial charge in [0.1, 0.15) is 0 Å². The molecular formula is C18H20N4OS. The second-order valence-electron chi connectivity index (χ2n) is 5.23. The van der Waals surface area contributed by atoms with Crippen molar-refractivity contribution < 1.29 is 4.79 Å². The minimum atomic E-state index is -0.250. The Morgan fingerprint density at radius 1 is 1.46 bits per heavy atom. The first-order chi connectivity index (χ1) is 11.5. The first-order valence-corrected chi connectivity index (χ1v) is 8.30. The Morgan fingerprint density at radius 2 is 2.25 bits per heavy atom. The van der Waals surface area contributed by atoms with Crippen LogP contribution in [-0.2, 0) is 4.79 Å². The number of aromatic nitrogens is 1. The number of aliphatic imine (C=N–C) groups is 1. The quantitative estimate of drug-likeness (QED) is 0.787. The van der Waals surface area contributed by atoms with E-state index in [1.54, 1.807) is 6.21 Å². The van der Waals surface area contributed by atoms with Crippen LogP contribution in [0.1, 0.15) is 19.4 Å². The van der Waals surface area contributed by atoms with Crippen LogP contribution in [-0.4, -0.2) is 23.7 Å². The fourth-order valence-electron chi connectivity index (χ4n) is 1.93. The number of rotatable bonds is 6. The Balaban J connectivity index is 2.21. The maximum atomic E-state index is 11.3. The van der Waals surface area contributed by atoms with Crippen molar-refractivity contribution in [3.63, 3.8) is 0 Å². The molecule has 1 amide bonds. The Morgan fingerprint density at radius 3 is 2.96 bits per heavy atom. The summed E-state index contributed by atoms with van der Waals surface area (Å²) in [6, 6.07) is 8.06. The van der Waals surface area contributed by atoms with Gasteiger partial charge in [0.05, 0.1) is 12.2 Å². The van der Waals surface area contributed by atoms with Crippen molar-refractivity contribution in [3.8, 4) is 11.3 Å². The summed E-state index contributed by atoms with van der Waals surface area (Å²) in [5, 5.41) is 5.12. The highest BCUT2D eigenvalue weighted by Gasteiger charge is 2.07. The fourth-order valence-corrected chi connectivity index (χ4v) is 2.67. The molecule has 0 saturated heterocycles. The number of nitrogens with zero attached hydrogens (tertiary/aromatic N) is 2. The molecule has 124 valence electrons. The van der Waals surface area contributed by atoms with E-state index in [1.807, 2.05) is 43.5 Å². The van der Waals surface area contributed by atoms with E-state index in [9.17, 15) is 4.79 Å². The van der Waals surface area contributed by atoms with Crippen molar-refractivity contribution in [3.05, 3.63) is 53.6 Å². The molecule has 0 aliphatic heterocycles. The summed E-state index contributed by atoms with van der Waals surface area (Å²) < 4.78 is 0. The monoisotopic (exact) mass is 340 g/mol. The third-order valence-electron chi connectivity index (χ3n) is 3.17. The Hall–Kier alpha value is -2.57. The lowest BCUT2D eigenvalue weighted by atomic mass is 10.0. The van der Waals surface area contributed by atoms with Gasteiger partial charge in [0.25, 0.3) is 0 Å². The van der Waals surface area contributed by atoms with Gasteiger partial charge in [-0.3, -0.25) is 9.79 Å². The van der Waals surface area contributed by atoms with E-state index in [-0.39, 0.29) is 12.5 Å². The molecule has 0 aliphatic carbocycles. The number of hydrogen-bond acceptors (Lipinski definition) is 5. The van der Waals surface area contributed by atoms with Crippen LogP contribution in [0.2, 0.25) is 0 Å². The summed E-state index contributed by atoms with van der Waals surface area (Å²) in [7, 11) is 0. The predicted octanol–water partition coefficient (Wildman–Crippen LogP) is 3.72. The first kappa shape index (κ1) is 17.8. The largest absolute Gasteiger partial charge is 0.322 e. The molecule has 0 unspecified atom stereocenters. The van der Waals surface area contributed by atoms with E-state index in [1.165, 1.54) is 11.3 Å². The molecule has 2 rings (SSSR count). The highest BCUT2D eigenvalue weighted by atomic mass is 32.1. The molecule has 0 radical (unpaired) electrons. The van der Waals surface area contributed by atoms with Crippen molar-refractivity contribution in [1.82, 2.24) is 4.98 Å². The maximum Gasteiger partial charge on any atom is 0.239 e. The number of carbonyl (C=O) groups is 1. The molecule has 0 bridgehead atoms. The number of nitrogens with two attached hydrogens (primary N) is 1. The lowest BCUT2D eigenvalue weighted by Crippen LogP contribution is -2.21. The van der Waals surface area contributed by atoms with Crippen LogP contribution in [0.25, 0.3) is 16.8 Å². The number of carbonyl (C=O) groups excluding carboxylic acids is 1. The average Bonchev–Trinajstić information content (AvgIpc) is 3.03. The van der Waals surface area contributed by atoms with E-state index in [2.05, 4.69) is 27.9 Å². The van der Waals surface area contributed by atoms with Gasteiger partial charge in [0, 0.05) is 22.9 Å². The van der Waals surface area contributed by atoms with Crippen molar-refractivity contribution in [2.75, 3.05) is 11.9 Å². The van der Waals surface area contributed by atoms with Gasteiger partial charge in [-0.2, -0.15) is 0 Å². The van der Waals surface area contributed by atoms with Crippen LogP contribution in [0.5, 0.6) is 0 Å². The Kier molecular flexibility index (Phi) is 6.17. The highest BCUT2D eigenvalue weighted by Crippen LogP contribution is 2.27. The first-order valence-electron chi connectivity index (χ1n) is 7.42. The number of benzene rings is 1. The highest BCUT2D eigenvalue weighted by molar-refractivity contribution is 7.14. The van der Waals surface area contributed by atoms with Gasteiger partial charge in [0.15, 0.2) is 5.13 Å². The summed E-state index contributed by atoms with van der Waals surface area (Å²) in [6.45, 7) is 7.56. The average molecular weight is 340 g/mol. The summed E-state index contributed by atoms with van der Waals surface area (Å²) in [5.41, 5.74) is 10.0. The molecule has 24 heavy (non-hydrogen) atoms. The van der Waals surface area contributed by atoms with Crippen LogP contribution >= 0.6 is 11.3 Å². The van der Waals surface area contributed by atoms with Crippen molar-refractivity contribution in [2.45, 2.75) is 13.8 Å². The third-order valence-corrected chi connectivity index (χ3v) is 3.93. The molecule has 1 aromatic heterocycles. The Bertz CT molecular complexity index is 805. The number of amides is 1. The second kappa shape index (κ2) is 8.33. The summed E-state index contributed by atoms with van der Waals surface area (Å²) in [5.74, 6) is -0.250. The topological polar surface area (TPSA) is 80.4 Å². The minimum absolute atomic E-state index is 0.0554. The maximum absolute atomic E-state index is 11.3. The van der Waals surface area contributed by atoms with Gasteiger partial charge < -0.3 is 11.1 Å². The number of anilines is 1. The molecule has 6 heteroatoms. The lowest BCUT2D eigenvalue weighted by Gasteiger charge is -2.03. The zero-order chi connectivity index (χ0) is 17.5. The lowest BCUT2D eigenvalue weighted by molar-refractivity contribution is -0.114. The van der Waals surface area contributed by atoms with Crippen LogP contribution < -0.4 is 11.1 Å². The molecule has 5 nitrogen and oxygen atoms in total. The molecule has 2 aromatic rings. The summed E-state index contributed by atoms with van der Waals surface area (Å²) >= 11 is 1.38. The number of nitrogens with one attached hydrogen (secondary N) is 1. The molecule has 0 fully saturated rings. The normalized spacial score (nSPS) is 11.7. The third kappa shape index (κ3) is 4.97. The number of hydrogen-bond donors (Lipinski definition) is 2. The number of thiazole rings is 1. The smallest absolute Gasteiger partial charge is 0.239 e. The summed E-state index contributed by atoms with van der Waals surface area (Å²) in [4.78, 5) is 19.9. The van der Waals surface area contributed by atoms with Crippen molar-refractivity contribution in [1.29, 1.82) is 0 Å². The van der Waals surface area contributed by atoms with Gasteiger partial charge in [-0.1, -0.05) is 24.8 Å². The van der Waals surface area contributed by atoms with Gasteiger partial charge in [-0.05, 0) is 37.1 Å². The van der Waals surface area contributed by atoms with E-state index < -0.39 is 0 Å². The SMILES string of the molecule is C=C(C)N=C/C=C(\C)c1cccc(-c2csc(NC(=O)CN)n2)c1. The second-order valence-corrected chi connectivity index (χ2v) is 6.09. The molecule has 0 spiro atoms. The van der Waals surface area contributed by atoms with Gasteiger partial charge >= 0.3 is 0 Å². The zero-order valence-corrected chi connectivity index (χ0v) is 14.6. The van der Waals surface area contributed by atoms with Crippen LogP contribution in [0.3, 0.4) is 0 Å². The van der Waals surface area contributed by atoms with Gasteiger partial charge in [-0.15, -0.1) is 11.3 Å². The molecule has 1 heterocycles. The number of allylic oxidation sites excluding steroid dienone is 3. The zero-order valence-electron chi connectivity index (χ0n) is 13.7. The van der Waals surface area contributed by atoms with Crippen molar-refractivity contribution in [2.24, 2.45) is 10.7 Å². The van der Waals surface area contributed by atoms with E-state index >= 15 is 0 Å². The summed E-state index contributed by atoms with van der Waals surface area (Å²) in [6.07, 6.45) is 3.69. The molecule has 0 saturated carbocycles. The van der Waals surface area contributed by atoms with Crippen LogP contribution in [0, 0.1) is 0 Å². The molecule has 0 atom stereocenters. The molecule has 3 N–H and O–H groups in total. The van der Waals surface area contributed by atoms with E-state index in [4.69, 9.17) is 5.73 Å². The molecular weight excluding hydrogens is 320 g/mol. The fraction of sp³-hybridized carbons (Fsp3) is 0.167. The predicted molar refractivity (Wildman–Crippen MR) is 102 cm³/mol. The standard InChI is InChI=1S/C18H20N4OS/c1-12(2)20-8-7-13(3)14-5-4-6-15(9-14)16-11-24-18(21-16)22-17(23)10-19/h4-9,11H,1,10,19H2,2-3H3,(H,21,22,23)/b13-7+,20-8?. The van der Waals surface area contributed by atoms with E-state index in [0.717, 1.165) is 28.1 Å².